The lowest BCUT2D eigenvalue weighted by molar-refractivity contribution is -0.119. The quantitative estimate of drug-likeness (QED) is 0.267. The van der Waals surface area contributed by atoms with Crippen LogP contribution in [-0.2, 0) is 4.79 Å². The van der Waals surface area contributed by atoms with Gasteiger partial charge < -0.3 is 19.5 Å². The third-order valence-corrected chi connectivity index (χ3v) is 7.53. The lowest BCUT2D eigenvalue weighted by Gasteiger charge is -2.39. The van der Waals surface area contributed by atoms with E-state index in [1.165, 1.54) is 0 Å². The molecule has 1 aliphatic rings. The summed E-state index contributed by atoms with van der Waals surface area (Å²) < 4.78 is 7.52. The molecule has 0 bridgehead atoms. The molecule has 0 aliphatic carbocycles. The molecule has 2 heterocycles. The number of carbonyl (C=O) groups is 2. The number of hydrogen-bond donors (Lipinski definition) is 1. The first-order valence-corrected chi connectivity index (χ1v) is 13.8. The molecule has 3 amide bonds. The minimum atomic E-state index is -0.363. The number of unbranched alkanes of at least 4 members (excludes halogenated alkanes) is 1. The van der Waals surface area contributed by atoms with Gasteiger partial charge in [0.2, 0.25) is 5.91 Å². The van der Waals surface area contributed by atoms with Gasteiger partial charge in [-0.15, -0.1) is 0 Å². The largest absolute Gasteiger partial charge is 0.497 e. The zero-order valence-corrected chi connectivity index (χ0v) is 23.6. The van der Waals surface area contributed by atoms with Gasteiger partial charge >= 0.3 is 6.03 Å². The van der Waals surface area contributed by atoms with Crippen molar-refractivity contribution in [1.29, 1.82) is 0 Å². The van der Waals surface area contributed by atoms with Gasteiger partial charge in [0.1, 0.15) is 18.3 Å². The Hall–Kier alpha value is -4.52. The molecule has 0 saturated carbocycles. The molecule has 4 aromatic rings. The van der Waals surface area contributed by atoms with E-state index in [4.69, 9.17) is 4.74 Å². The van der Waals surface area contributed by atoms with Crippen molar-refractivity contribution in [3.05, 3.63) is 107 Å². The van der Waals surface area contributed by atoms with E-state index in [1.54, 1.807) is 12.0 Å². The predicted molar refractivity (Wildman–Crippen MR) is 160 cm³/mol. The Labute approximate surface area is 236 Å². The van der Waals surface area contributed by atoms with Crippen LogP contribution in [-0.4, -0.2) is 41.6 Å². The summed E-state index contributed by atoms with van der Waals surface area (Å²) in [6.07, 6.45) is 3.74. The maximum atomic E-state index is 14.3. The van der Waals surface area contributed by atoms with E-state index in [0.29, 0.717) is 6.54 Å². The fourth-order valence-corrected chi connectivity index (χ4v) is 5.40. The lowest BCUT2D eigenvalue weighted by atomic mass is 9.97. The molecular weight excluding hydrogens is 500 g/mol. The number of aromatic nitrogens is 1. The van der Waals surface area contributed by atoms with Gasteiger partial charge in [0.05, 0.1) is 24.2 Å². The number of fused-ring (bicyclic) bond motifs is 3. The molecule has 1 aromatic heterocycles. The van der Waals surface area contributed by atoms with Crippen LogP contribution in [0.5, 0.6) is 5.75 Å². The van der Waals surface area contributed by atoms with Crippen LogP contribution < -0.4 is 15.0 Å². The standard InChI is InChI=1S/C33H36N4O3/c1-5-6-20-35(33(39)34-31-23(2)11-9-12-24(31)3)22-30(38)37-28-14-8-7-13-27(28)36-21-10-15-29(36)32(37)25-16-18-26(40-4)19-17-25/h7-19,21,32H,5-6,20,22H2,1-4H3,(H,34,39). The van der Waals surface area contributed by atoms with Crippen molar-refractivity contribution in [2.45, 2.75) is 39.7 Å². The molecule has 206 valence electrons. The van der Waals surface area contributed by atoms with Gasteiger partial charge in [-0.3, -0.25) is 9.69 Å². The first-order valence-electron chi connectivity index (χ1n) is 13.8. The van der Waals surface area contributed by atoms with Crippen LogP contribution in [0.2, 0.25) is 0 Å². The van der Waals surface area contributed by atoms with Crippen molar-refractivity contribution in [1.82, 2.24) is 9.47 Å². The van der Waals surface area contributed by atoms with Crippen LogP contribution >= 0.6 is 0 Å². The maximum absolute atomic E-state index is 14.3. The van der Waals surface area contributed by atoms with Gasteiger partial charge in [-0.1, -0.05) is 55.8 Å². The van der Waals surface area contributed by atoms with Crippen LogP contribution in [0.25, 0.3) is 5.69 Å². The number of ether oxygens (including phenoxy) is 1. The second-order valence-electron chi connectivity index (χ2n) is 10.2. The molecule has 0 saturated heterocycles. The minimum absolute atomic E-state index is 0.0432. The Morgan fingerprint density at radius 3 is 2.27 bits per heavy atom. The fraction of sp³-hybridized carbons (Fsp3) is 0.273. The molecule has 5 rings (SSSR count). The summed E-state index contributed by atoms with van der Waals surface area (Å²) in [6.45, 7) is 6.47. The smallest absolute Gasteiger partial charge is 0.322 e. The SMILES string of the molecule is CCCCN(CC(=O)N1c2ccccc2-n2cccc2C1c1ccc(OC)cc1)C(=O)Nc1c(C)cccc1C. The summed E-state index contributed by atoms with van der Waals surface area (Å²) in [7, 11) is 1.64. The van der Waals surface area contributed by atoms with E-state index < -0.39 is 0 Å². The molecule has 1 atom stereocenters. The second kappa shape index (κ2) is 11.7. The number of rotatable bonds is 8. The lowest BCUT2D eigenvalue weighted by Crippen LogP contribution is -2.48. The van der Waals surface area contributed by atoms with Crippen molar-refractivity contribution in [2.24, 2.45) is 0 Å². The molecule has 1 N–H and O–H groups in total. The van der Waals surface area contributed by atoms with Gasteiger partial charge in [0.15, 0.2) is 0 Å². The molecule has 1 aliphatic heterocycles. The number of urea groups is 1. The fourth-order valence-electron chi connectivity index (χ4n) is 5.40. The van der Waals surface area contributed by atoms with Gasteiger partial charge in [-0.25, -0.2) is 4.79 Å². The van der Waals surface area contributed by atoms with Gasteiger partial charge in [-0.05, 0) is 73.4 Å². The Bertz CT molecular complexity index is 1490. The minimum Gasteiger partial charge on any atom is -0.497 e. The summed E-state index contributed by atoms with van der Waals surface area (Å²) in [4.78, 5) is 31.4. The van der Waals surface area contributed by atoms with Crippen LogP contribution in [0.15, 0.2) is 85.1 Å². The monoisotopic (exact) mass is 536 g/mol. The van der Waals surface area contributed by atoms with Gasteiger partial charge in [0.25, 0.3) is 0 Å². The highest BCUT2D eigenvalue weighted by Gasteiger charge is 2.37. The van der Waals surface area contributed by atoms with Crippen molar-refractivity contribution in [2.75, 3.05) is 30.4 Å². The van der Waals surface area contributed by atoms with Gasteiger partial charge in [0, 0.05) is 18.4 Å². The van der Waals surface area contributed by atoms with Crippen molar-refractivity contribution < 1.29 is 14.3 Å². The third-order valence-electron chi connectivity index (χ3n) is 7.53. The molecule has 0 radical (unpaired) electrons. The van der Waals surface area contributed by atoms with E-state index >= 15 is 0 Å². The third kappa shape index (κ3) is 5.19. The Balaban J connectivity index is 1.51. The first-order chi connectivity index (χ1) is 19.4. The number of carbonyl (C=O) groups excluding carboxylic acids is 2. The van der Waals surface area contributed by atoms with Gasteiger partial charge in [-0.2, -0.15) is 0 Å². The Morgan fingerprint density at radius 1 is 0.900 bits per heavy atom. The number of aryl methyl sites for hydroxylation is 2. The number of hydrogen-bond acceptors (Lipinski definition) is 3. The average molecular weight is 537 g/mol. The molecule has 7 nitrogen and oxygen atoms in total. The predicted octanol–water partition coefficient (Wildman–Crippen LogP) is 6.87. The zero-order valence-electron chi connectivity index (χ0n) is 23.6. The molecule has 3 aromatic carbocycles. The molecule has 0 spiro atoms. The summed E-state index contributed by atoms with van der Waals surface area (Å²) in [5.74, 6) is 0.607. The zero-order chi connectivity index (χ0) is 28.2. The van der Waals surface area contributed by atoms with Crippen LogP contribution in [0, 0.1) is 13.8 Å². The topological polar surface area (TPSA) is 66.8 Å². The average Bonchev–Trinajstić information content (AvgIpc) is 3.46. The van der Waals surface area contributed by atoms with E-state index in [0.717, 1.165) is 58.0 Å². The summed E-state index contributed by atoms with van der Waals surface area (Å²) in [6, 6.07) is 25.1. The number of para-hydroxylation sites is 3. The Kier molecular flexibility index (Phi) is 7.91. The Morgan fingerprint density at radius 2 is 1.60 bits per heavy atom. The molecular formula is C33H36N4O3. The number of anilines is 2. The number of nitrogens with one attached hydrogen (secondary N) is 1. The maximum Gasteiger partial charge on any atom is 0.322 e. The summed E-state index contributed by atoms with van der Waals surface area (Å²) in [5, 5.41) is 3.08. The number of benzene rings is 3. The molecule has 0 fully saturated rings. The molecule has 1 unspecified atom stereocenters. The summed E-state index contributed by atoms with van der Waals surface area (Å²) in [5.41, 5.74) is 6.45. The highest BCUT2D eigenvalue weighted by Crippen LogP contribution is 2.42. The normalized spacial score (nSPS) is 13.8. The van der Waals surface area contributed by atoms with Crippen molar-refractivity contribution >= 4 is 23.3 Å². The number of amides is 3. The number of nitrogens with zero attached hydrogens (tertiary/aromatic N) is 3. The number of methoxy groups -OCH3 is 1. The second-order valence-corrected chi connectivity index (χ2v) is 10.2. The van der Waals surface area contributed by atoms with E-state index in [1.807, 2.05) is 104 Å². The van der Waals surface area contributed by atoms with E-state index in [-0.39, 0.29) is 24.5 Å². The molecule has 7 heteroatoms. The first kappa shape index (κ1) is 27.1. The summed E-state index contributed by atoms with van der Waals surface area (Å²) >= 11 is 0. The van der Waals surface area contributed by atoms with E-state index in [2.05, 4.69) is 16.8 Å². The van der Waals surface area contributed by atoms with Crippen molar-refractivity contribution in [3.63, 3.8) is 0 Å². The van der Waals surface area contributed by atoms with Crippen molar-refractivity contribution in [3.8, 4) is 11.4 Å². The van der Waals surface area contributed by atoms with E-state index in [9.17, 15) is 9.59 Å². The highest BCUT2D eigenvalue weighted by molar-refractivity contribution is 6.01. The highest BCUT2D eigenvalue weighted by atomic mass is 16.5. The van der Waals surface area contributed by atoms with Crippen LogP contribution in [0.3, 0.4) is 0 Å². The van der Waals surface area contributed by atoms with Crippen LogP contribution in [0.4, 0.5) is 16.2 Å². The van der Waals surface area contributed by atoms with Crippen LogP contribution in [0.1, 0.15) is 48.2 Å². The molecule has 40 heavy (non-hydrogen) atoms.